The standard InChI is InChI=1S/C30H33BrN2O7/c1-38-25-8-4-7-21(16-25)27-30(29(37)32-23(18-35)19-36,17-22-6-2-3-9-26(22)31)33-28(40-27)20-10-12-24(13-11-20)39-15-5-14-34/h2-4,6-13,16,23,27,34-36H,5,14-15,17-19H2,1H3,(H,32,37)/t27-,30-/m1/s1. The maximum absolute atomic E-state index is 14.1. The SMILES string of the molecule is COc1cccc([C@H]2OC(c3ccc(OCCCO)cc3)=N[C@@]2(Cc2ccccc2Br)C(=O)NC(CO)CO)c1. The summed E-state index contributed by atoms with van der Waals surface area (Å²) in [6.07, 6.45) is -0.171. The molecule has 1 aliphatic rings. The molecular weight excluding hydrogens is 580 g/mol. The van der Waals surface area contributed by atoms with Crippen LogP contribution < -0.4 is 14.8 Å². The molecule has 0 aromatic heterocycles. The molecule has 3 aromatic carbocycles. The van der Waals surface area contributed by atoms with Gasteiger partial charge in [0.05, 0.1) is 33.0 Å². The normalized spacial score (nSPS) is 18.2. The second-order valence-electron chi connectivity index (χ2n) is 9.37. The number of rotatable bonds is 13. The lowest BCUT2D eigenvalue weighted by Gasteiger charge is -2.32. The molecule has 0 spiro atoms. The van der Waals surface area contributed by atoms with E-state index in [2.05, 4.69) is 21.2 Å². The van der Waals surface area contributed by atoms with Gasteiger partial charge >= 0.3 is 0 Å². The zero-order valence-corrected chi connectivity index (χ0v) is 23.7. The molecule has 0 saturated heterocycles. The van der Waals surface area contributed by atoms with Crippen LogP contribution in [0, 0.1) is 0 Å². The first kappa shape index (κ1) is 29.5. The number of amides is 1. The van der Waals surface area contributed by atoms with Crippen molar-refractivity contribution in [3.8, 4) is 11.5 Å². The largest absolute Gasteiger partial charge is 0.497 e. The number of benzene rings is 3. The molecule has 212 valence electrons. The smallest absolute Gasteiger partial charge is 0.253 e. The van der Waals surface area contributed by atoms with Crippen molar-refractivity contribution in [3.63, 3.8) is 0 Å². The first-order chi connectivity index (χ1) is 19.4. The Morgan fingerprint density at radius 3 is 2.48 bits per heavy atom. The number of aliphatic hydroxyl groups excluding tert-OH is 3. The fourth-order valence-electron chi connectivity index (χ4n) is 4.48. The van der Waals surface area contributed by atoms with Crippen LogP contribution in [0.2, 0.25) is 0 Å². The van der Waals surface area contributed by atoms with Crippen LogP contribution in [0.5, 0.6) is 11.5 Å². The second kappa shape index (κ2) is 13.8. The van der Waals surface area contributed by atoms with Gasteiger partial charge in [0.1, 0.15) is 11.5 Å². The topological polar surface area (TPSA) is 130 Å². The summed E-state index contributed by atoms with van der Waals surface area (Å²) in [6.45, 7) is -0.445. The van der Waals surface area contributed by atoms with Crippen molar-refractivity contribution in [1.29, 1.82) is 0 Å². The van der Waals surface area contributed by atoms with Gasteiger partial charge in [0.2, 0.25) is 5.90 Å². The summed E-state index contributed by atoms with van der Waals surface area (Å²) in [4.78, 5) is 19.1. The number of aliphatic hydroxyl groups is 3. The van der Waals surface area contributed by atoms with E-state index >= 15 is 0 Å². The Morgan fingerprint density at radius 1 is 1.05 bits per heavy atom. The predicted octanol–water partition coefficient (Wildman–Crippen LogP) is 3.19. The maximum Gasteiger partial charge on any atom is 0.253 e. The Hall–Kier alpha value is -3.44. The van der Waals surface area contributed by atoms with Gasteiger partial charge in [-0.1, -0.05) is 46.3 Å². The number of carbonyl (C=O) groups is 1. The zero-order valence-electron chi connectivity index (χ0n) is 22.1. The van der Waals surface area contributed by atoms with Gasteiger partial charge in [0.15, 0.2) is 11.6 Å². The van der Waals surface area contributed by atoms with E-state index in [0.717, 1.165) is 10.0 Å². The summed E-state index contributed by atoms with van der Waals surface area (Å²) >= 11 is 3.60. The van der Waals surface area contributed by atoms with Gasteiger partial charge in [0.25, 0.3) is 5.91 Å². The maximum atomic E-state index is 14.1. The minimum absolute atomic E-state index is 0.0451. The Balaban J connectivity index is 1.82. The molecule has 9 nitrogen and oxygen atoms in total. The Kier molecular flexibility index (Phi) is 10.2. The van der Waals surface area contributed by atoms with E-state index in [4.69, 9.17) is 24.3 Å². The van der Waals surface area contributed by atoms with Gasteiger partial charge in [-0.2, -0.15) is 0 Å². The molecule has 3 aromatic rings. The molecule has 10 heteroatoms. The minimum Gasteiger partial charge on any atom is -0.497 e. The highest BCUT2D eigenvalue weighted by molar-refractivity contribution is 9.10. The van der Waals surface area contributed by atoms with Crippen LogP contribution in [-0.4, -0.2) is 72.2 Å². The van der Waals surface area contributed by atoms with E-state index in [-0.39, 0.29) is 18.9 Å². The highest BCUT2D eigenvalue weighted by Gasteiger charge is 2.54. The summed E-state index contributed by atoms with van der Waals surface area (Å²) in [7, 11) is 1.56. The van der Waals surface area contributed by atoms with E-state index in [1.54, 1.807) is 43.5 Å². The van der Waals surface area contributed by atoms with Gasteiger partial charge in [0, 0.05) is 29.5 Å². The summed E-state index contributed by atoms with van der Waals surface area (Å²) in [5.41, 5.74) is 0.653. The number of aliphatic imine (C=N–C) groups is 1. The van der Waals surface area contributed by atoms with Crippen molar-refractivity contribution < 1.29 is 34.3 Å². The minimum atomic E-state index is -1.50. The number of carbonyl (C=O) groups excluding carboxylic acids is 1. The third-order valence-electron chi connectivity index (χ3n) is 6.62. The van der Waals surface area contributed by atoms with E-state index in [1.165, 1.54) is 0 Å². The Bertz CT molecular complexity index is 1310. The first-order valence-corrected chi connectivity index (χ1v) is 13.7. The lowest BCUT2D eigenvalue weighted by atomic mass is 9.81. The molecule has 0 unspecified atom stereocenters. The van der Waals surface area contributed by atoms with Crippen LogP contribution in [0.25, 0.3) is 0 Å². The first-order valence-electron chi connectivity index (χ1n) is 12.9. The molecule has 4 N–H and O–H groups in total. The molecule has 0 saturated carbocycles. The summed E-state index contributed by atoms with van der Waals surface area (Å²) in [5.74, 6) is 0.994. The summed E-state index contributed by atoms with van der Waals surface area (Å²) in [5, 5.41) is 31.2. The van der Waals surface area contributed by atoms with Crippen molar-refractivity contribution >= 4 is 27.7 Å². The van der Waals surface area contributed by atoms with Crippen molar-refractivity contribution in [2.45, 2.75) is 30.5 Å². The monoisotopic (exact) mass is 612 g/mol. The zero-order chi connectivity index (χ0) is 28.5. The number of halogens is 1. The molecule has 2 atom stereocenters. The number of ether oxygens (including phenoxy) is 3. The quantitative estimate of drug-likeness (QED) is 0.218. The molecule has 0 bridgehead atoms. The number of hydrogen-bond donors (Lipinski definition) is 4. The van der Waals surface area contributed by atoms with Crippen LogP contribution in [0.3, 0.4) is 0 Å². The van der Waals surface area contributed by atoms with Crippen molar-refractivity contribution in [2.24, 2.45) is 4.99 Å². The van der Waals surface area contributed by atoms with Crippen LogP contribution >= 0.6 is 15.9 Å². The molecular formula is C30H33BrN2O7. The average molecular weight is 614 g/mol. The van der Waals surface area contributed by atoms with Crippen molar-refractivity contribution in [1.82, 2.24) is 5.32 Å². The van der Waals surface area contributed by atoms with Crippen molar-refractivity contribution in [3.05, 3.63) is 94.0 Å². The van der Waals surface area contributed by atoms with Crippen molar-refractivity contribution in [2.75, 3.05) is 33.5 Å². The lowest BCUT2D eigenvalue weighted by Crippen LogP contribution is -2.54. The van der Waals surface area contributed by atoms with Gasteiger partial charge in [-0.25, -0.2) is 4.99 Å². The van der Waals surface area contributed by atoms with Gasteiger partial charge in [-0.3, -0.25) is 4.79 Å². The highest BCUT2D eigenvalue weighted by atomic mass is 79.9. The molecule has 40 heavy (non-hydrogen) atoms. The van der Waals surface area contributed by atoms with Crippen LogP contribution in [0.4, 0.5) is 0 Å². The molecule has 0 fully saturated rings. The third kappa shape index (κ3) is 6.64. The van der Waals surface area contributed by atoms with Gasteiger partial charge < -0.3 is 34.8 Å². The number of nitrogens with one attached hydrogen (secondary N) is 1. The Morgan fingerprint density at radius 2 is 1.80 bits per heavy atom. The lowest BCUT2D eigenvalue weighted by molar-refractivity contribution is -0.130. The van der Waals surface area contributed by atoms with Gasteiger partial charge in [-0.05, 0) is 53.6 Å². The number of methoxy groups -OCH3 is 1. The third-order valence-corrected chi connectivity index (χ3v) is 7.39. The number of hydrogen-bond acceptors (Lipinski definition) is 8. The number of nitrogens with zero attached hydrogens (tertiary/aromatic N) is 1. The van der Waals surface area contributed by atoms with E-state index in [1.807, 2.05) is 36.4 Å². The molecule has 0 aliphatic carbocycles. The molecule has 1 aliphatic heterocycles. The van der Waals surface area contributed by atoms with Crippen LogP contribution in [0.1, 0.15) is 29.2 Å². The Labute approximate surface area is 241 Å². The van der Waals surface area contributed by atoms with E-state index < -0.39 is 36.8 Å². The van der Waals surface area contributed by atoms with Crippen LogP contribution in [-0.2, 0) is 16.0 Å². The summed E-state index contributed by atoms with van der Waals surface area (Å²) < 4.78 is 18.4. The fraction of sp³-hybridized carbons (Fsp3) is 0.333. The summed E-state index contributed by atoms with van der Waals surface area (Å²) in [6, 6.07) is 21.1. The van der Waals surface area contributed by atoms with E-state index in [0.29, 0.717) is 35.7 Å². The average Bonchev–Trinajstić information content (AvgIpc) is 3.38. The highest BCUT2D eigenvalue weighted by Crippen LogP contribution is 2.44. The van der Waals surface area contributed by atoms with Crippen LogP contribution in [0.15, 0.2) is 82.3 Å². The van der Waals surface area contributed by atoms with Gasteiger partial charge in [-0.15, -0.1) is 0 Å². The fourth-order valence-corrected chi connectivity index (χ4v) is 4.90. The molecule has 4 rings (SSSR count). The second-order valence-corrected chi connectivity index (χ2v) is 10.2. The predicted molar refractivity (Wildman–Crippen MR) is 154 cm³/mol. The van der Waals surface area contributed by atoms with E-state index in [9.17, 15) is 15.0 Å². The molecule has 1 heterocycles. The molecule has 1 amide bonds. The molecule has 0 radical (unpaired) electrons.